The van der Waals surface area contributed by atoms with Gasteiger partial charge in [0.2, 0.25) is 0 Å². The van der Waals surface area contributed by atoms with Gasteiger partial charge in [-0.15, -0.1) is 11.3 Å². The van der Waals surface area contributed by atoms with Gasteiger partial charge in [-0.1, -0.05) is 0 Å². The average Bonchev–Trinajstić information content (AvgIpc) is 2.77. The first-order valence-corrected chi connectivity index (χ1v) is 6.85. The van der Waals surface area contributed by atoms with E-state index in [1.807, 2.05) is 19.1 Å². The van der Waals surface area contributed by atoms with E-state index < -0.39 is 0 Å². The lowest BCUT2D eigenvalue weighted by atomic mass is 10.3. The highest BCUT2D eigenvalue weighted by atomic mass is 32.1. The first kappa shape index (κ1) is 12.5. The highest BCUT2D eigenvalue weighted by Gasteiger charge is 2.10. The second kappa shape index (κ2) is 6.14. The van der Waals surface area contributed by atoms with Crippen molar-refractivity contribution in [2.75, 3.05) is 39.3 Å². The summed E-state index contributed by atoms with van der Waals surface area (Å²) in [4.78, 5) is 16.1. The number of hydrogen-bond acceptors (Lipinski definition) is 4. The third-order valence-electron chi connectivity index (χ3n) is 2.89. The van der Waals surface area contributed by atoms with Gasteiger partial charge in [-0.05, 0) is 19.1 Å². The van der Waals surface area contributed by atoms with E-state index in [4.69, 9.17) is 0 Å². The quantitative estimate of drug-likeness (QED) is 0.830. The third-order valence-corrected chi connectivity index (χ3v) is 3.89. The summed E-state index contributed by atoms with van der Waals surface area (Å²) in [6.45, 7) is 7.95. The fourth-order valence-corrected chi connectivity index (χ4v) is 2.69. The number of carbonyl (C=O) groups excluding carboxylic acids is 1. The van der Waals surface area contributed by atoms with Crippen molar-refractivity contribution in [1.29, 1.82) is 0 Å². The number of amides is 1. The standard InChI is InChI=1S/C12H19N3OS/c1-10-2-3-11(17-10)12(16)14-6-9-15-7-4-13-5-8-15/h2-3,13H,4-9H2,1H3,(H,14,16). The van der Waals surface area contributed by atoms with Gasteiger partial charge in [0.05, 0.1) is 4.88 Å². The molecule has 1 aliphatic heterocycles. The second-order valence-corrected chi connectivity index (χ2v) is 5.55. The summed E-state index contributed by atoms with van der Waals surface area (Å²) in [5.41, 5.74) is 0. The maximum absolute atomic E-state index is 11.8. The van der Waals surface area contributed by atoms with Crippen LogP contribution in [-0.4, -0.2) is 50.1 Å². The molecule has 1 amide bonds. The van der Waals surface area contributed by atoms with Gasteiger partial charge in [-0.2, -0.15) is 0 Å². The number of aryl methyl sites for hydroxylation is 1. The molecule has 0 aromatic carbocycles. The Morgan fingerprint density at radius 1 is 1.47 bits per heavy atom. The Morgan fingerprint density at radius 2 is 2.24 bits per heavy atom. The number of rotatable bonds is 4. The summed E-state index contributed by atoms with van der Waals surface area (Å²) < 4.78 is 0. The van der Waals surface area contributed by atoms with E-state index in [1.165, 1.54) is 4.88 Å². The lowest BCUT2D eigenvalue weighted by Gasteiger charge is -2.26. The Morgan fingerprint density at radius 3 is 2.88 bits per heavy atom. The molecule has 2 N–H and O–H groups in total. The molecule has 2 rings (SSSR count). The molecule has 1 aromatic heterocycles. The van der Waals surface area contributed by atoms with Crippen LogP contribution in [0.2, 0.25) is 0 Å². The number of hydrogen-bond donors (Lipinski definition) is 2. The van der Waals surface area contributed by atoms with Crippen molar-refractivity contribution in [3.63, 3.8) is 0 Å². The minimum absolute atomic E-state index is 0.0539. The normalized spacial score (nSPS) is 17.0. The van der Waals surface area contributed by atoms with E-state index in [0.29, 0.717) is 0 Å². The molecule has 4 nitrogen and oxygen atoms in total. The molecule has 1 aliphatic rings. The van der Waals surface area contributed by atoms with Gasteiger partial charge in [0.1, 0.15) is 0 Å². The molecule has 94 valence electrons. The molecular formula is C12H19N3OS. The van der Waals surface area contributed by atoms with Crippen molar-refractivity contribution in [2.24, 2.45) is 0 Å². The summed E-state index contributed by atoms with van der Waals surface area (Å²) in [6, 6.07) is 3.87. The summed E-state index contributed by atoms with van der Waals surface area (Å²) in [5.74, 6) is 0.0539. The molecule has 0 atom stereocenters. The zero-order valence-electron chi connectivity index (χ0n) is 10.2. The molecule has 5 heteroatoms. The molecule has 1 saturated heterocycles. The fraction of sp³-hybridized carbons (Fsp3) is 0.583. The Labute approximate surface area is 106 Å². The van der Waals surface area contributed by atoms with E-state index in [0.717, 1.165) is 44.1 Å². The van der Waals surface area contributed by atoms with Crippen molar-refractivity contribution in [3.8, 4) is 0 Å². The van der Waals surface area contributed by atoms with Gasteiger partial charge in [0.15, 0.2) is 0 Å². The molecule has 2 heterocycles. The monoisotopic (exact) mass is 253 g/mol. The zero-order valence-corrected chi connectivity index (χ0v) is 11.0. The first-order valence-electron chi connectivity index (χ1n) is 6.03. The van der Waals surface area contributed by atoms with Crippen molar-refractivity contribution in [1.82, 2.24) is 15.5 Å². The molecule has 1 aromatic rings. The van der Waals surface area contributed by atoms with Crippen LogP contribution >= 0.6 is 11.3 Å². The molecular weight excluding hydrogens is 234 g/mol. The summed E-state index contributed by atoms with van der Waals surface area (Å²) in [6.07, 6.45) is 0. The van der Waals surface area contributed by atoms with E-state index in [1.54, 1.807) is 11.3 Å². The number of nitrogens with one attached hydrogen (secondary N) is 2. The fourth-order valence-electron chi connectivity index (χ4n) is 1.91. The van der Waals surface area contributed by atoms with Gasteiger partial charge >= 0.3 is 0 Å². The van der Waals surface area contributed by atoms with Crippen LogP contribution in [-0.2, 0) is 0 Å². The lowest BCUT2D eigenvalue weighted by molar-refractivity contribution is 0.0951. The number of thiophene rings is 1. The molecule has 0 spiro atoms. The summed E-state index contributed by atoms with van der Waals surface area (Å²) in [7, 11) is 0. The first-order chi connectivity index (χ1) is 8.25. The van der Waals surface area contributed by atoms with Gasteiger partial charge in [0, 0.05) is 44.1 Å². The average molecular weight is 253 g/mol. The van der Waals surface area contributed by atoms with Crippen LogP contribution in [0.3, 0.4) is 0 Å². The second-order valence-electron chi connectivity index (χ2n) is 4.26. The van der Waals surface area contributed by atoms with E-state index in [2.05, 4.69) is 15.5 Å². The van der Waals surface area contributed by atoms with Crippen molar-refractivity contribution >= 4 is 17.2 Å². The van der Waals surface area contributed by atoms with Crippen molar-refractivity contribution < 1.29 is 4.79 Å². The summed E-state index contributed by atoms with van der Waals surface area (Å²) in [5, 5.41) is 6.28. The summed E-state index contributed by atoms with van der Waals surface area (Å²) >= 11 is 1.55. The van der Waals surface area contributed by atoms with Crippen LogP contribution in [0.4, 0.5) is 0 Å². The molecule has 0 aliphatic carbocycles. The van der Waals surface area contributed by atoms with Crippen LogP contribution in [0.25, 0.3) is 0 Å². The molecule has 0 bridgehead atoms. The van der Waals surface area contributed by atoms with Crippen LogP contribution in [0.5, 0.6) is 0 Å². The van der Waals surface area contributed by atoms with Crippen LogP contribution < -0.4 is 10.6 Å². The number of carbonyl (C=O) groups is 1. The van der Waals surface area contributed by atoms with Gasteiger partial charge in [-0.25, -0.2) is 0 Å². The Kier molecular flexibility index (Phi) is 4.53. The third kappa shape index (κ3) is 3.80. The van der Waals surface area contributed by atoms with Gasteiger partial charge < -0.3 is 10.6 Å². The van der Waals surface area contributed by atoms with Crippen molar-refractivity contribution in [2.45, 2.75) is 6.92 Å². The van der Waals surface area contributed by atoms with Crippen LogP contribution in [0.15, 0.2) is 12.1 Å². The van der Waals surface area contributed by atoms with Gasteiger partial charge in [-0.3, -0.25) is 9.69 Å². The number of nitrogens with zero attached hydrogens (tertiary/aromatic N) is 1. The van der Waals surface area contributed by atoms with E-state index in [9.17, 15) is 4.79 Å². The predicted molar refractivity (Wildman–Crippen MR) is 70.7 cm³/mol. The van der Waals surface area contributed by atoms with E-state index >= 15 is 0 Å². The Hall–Kier alpha value is -0.910. The molecule has 0 radical (unpaired) electrons. The highest BCUT2D eigenvalue weighted by molar-refractivity contribution is 7.13. The number of piperazine rings is 1. The maximum atomic E-state index is 11.8. The Balaban J connectivity index is 1.69. The minimum Gasteiger partial charge on any atom is -0.350 e. The maximum Gasteiger partial charge on any atom is 0.261 e. The largest absolute Gasteiger partial charge is 0.350 e. The zero-order chi connectivity index (χ0) is 12.1. The van der Waals surface area contributed by atoms with E-state index in [-0.39, 0.29) is 5.91 Å². The highest BCUT2D eigenvalue weighted by Crippen LogP contribution is 2.14. The molecule has 1 fully saturated rings. The molecule has 0 unspecified atom stereocenters. The topological polar surface area (TPSA) is 44.4 Å². The predicted octanol–water partition coefficient (Wildman–Crippen LogP) is 0.692. The Bertz CT molecular complexity index is 372. The van der Waals surface area contributed by atoms with Crippen molar-refractivity contribution in [3.05, 3.63) is 21.9 Å². The SMILES string of the molecule is Cc1ccc(C(=O)NCCN2CCNCC2)s1. The van der Waals surface area contributed by atoms with Crippen LogP contribution in [0.1, 0.15) is 14.5 Å². The molecule has 0 saturated carbocycles. The smallest absolute Gasteiger partial charge is 0.261 e. The minimum atomic E-state index is 0.0539. The van der Waals surface area contributed by atoms with Gasteiger partial charge in [0.25, 0.3) is 5.91 Å². The lowest BCUT2D eigenvalue weighted by Crippen LogP contribution is -2.46. The molecule has 17 heavy (non-hydrogen) atoms. The van der Waals surface area contributed by atoms with Crippen LogP contribution in [0, 0.1) is 6.92 Å².